The molecule has 0 radical (unpaired) electrons. The van der Waals surface area contributed by atoms with Gasteiger partial charge in [0.05, 0.1) is 0 Å². The highest BCUT2D eigenvalue weighted by Crippen LogP contribution is 2.47. The number of amides is 2. The molecule has 3 rings (SSSR count). The van der Waals surface area contributed by atoms with E-state index >= 15 is 0 Å². The number of hydrogen-bond acceptors (Lipinski definition) is 2. The SMILES string of the molecule is Cc1ccc(NC(=O)C2(C(=O)Nc3ccccc3C(C)C)CC2)cc1C. The molecular weight excluding hydrogens is 324 g/mol. The molecule has 1 aliphatic rings. The van der Waals surface area contributed by atoms with Gasteiger partial charge in [0, 0.05) is 11.4 Å². The van der Waals surface area contributed by atoms with Gasteiger partial charge in [-0.15, -0.1) is 0 Å². The Kier molecular flexibility index (Phi) is 4.86. The zero-order chi connectivity index (χ0) is 18.9. The van der Waals surface area contributed by atoms with Crippen LogP contribution in [0.15, 0.2) is 42.5 Å². The quantitative estimate of drug-likeness (QED) is 0.762. The van der Waals surface area contributed by atoms with Gasteiger partial charge in [-0.25, -0.2) is 0 Å². The zero-order valence-corrected chi connectivity index (χ0v) is 15.8. The molecule has 0 unspecified atom stereocenters. The van der Waals surface area contributed by atoms with E-state index in [4.69, 9.17) is 0 Å². The molecule has 0 atom stereocenters. The van der Waals surface area contributed by atoms with Gasteiger partial charge < -0.3 is 10.6 Å². The maximum absolute atomic E-state index is 12.9. The van der Waals surface area contributed by atoms with Gasteiger partial charge in [0.15, 0.2) is 0 Å². The standard InChI is InChI=1S/C22H26N2O2/c1-14(2)18-7-5-6-8-19(18)24-21(26)22(11-12-22)20(25)23-17-10-9-15(3)16(4)13-17/h5-10,13-14H,11-12H2,1-4H3,(H,23,25)(H,24,26). The van der Waals surface area contributed by atoms with Crippen LogP contribution in [0, 0.1) is 19.3 Å². The lowest BCUT2D eigenvalue weighted by Crippen LogP contribution is -2.36. The Morgan fingerprint density at radius 3 is 2.19 bits per heavy atom. The number of carbonyl (C=O) groups is 2. The van der Waals surface area contributed by atoms with E-state index in [9.17, 15) is 9.59 Å². The number of anilines is 2. The van der Waals surface area contributed by atoms with Gasteiger partial charge in [-0.05, 0) is 67.5 Å². The van der Waals surface area contributed by atoms with Crippen LogP contribution in [0.4, 0.5) is 11.4 Å². The predicted molar refractivity (Wildman–Crippen MR) is 105 cm³/mol. The van der Waals surface area contributed by atoms with Crippen LogP contribution in [0.1, 0.15) is 49.3 Å². The molecule has 0 spiro atoms. The monoisotopic (exact) mass is 350 g/mol. The van der Waals surface area contributed by atoms with Crippen LogP contribution in [0.25, 0.3) is 0 Å². The van der Waals surface area contributed by atoms with Gasteiger partial charge in [-0.1, -0.05) is 38.1 Å². The van der Waals surface area contributed by atoms with E-state index in [1.54, 1.807) is 0 Å². The van der Waals surface area contributed by atoms with E-state index < -0.39 is 5.41 Å². The molecule has 1 saturated carbocycles. The molecule has 26 heavy (non-hydrogen) atoms. The fraction of sp³-hybridized carbons (Fsp3) is 0.364. The van der Waals surface area contributed by atoms with Gasteiger partial charge in [0.1, 0.15) is 5.41 Å². The summed E-state index contributed by atoms with van der Waals surface area (Å²) in [7, 11) is 0. The van der Waals surface area contributed by atoms with Crippen molar-refractivity contribution in [3.05, 3.63) is 59.2 Å². The Morgan fingerprint density at radius 2 is 1.58 bits per heavy atom. The van der Waals surface area contributed by atoms with Crippen LogP contribution < -0.4 is 10.6 Å². The molecule has 2 N–H and O–H groups in total. The van der Waals surface area contributed by atoms with Crippen LogP contribution in [-0.2, 0) is 9.59 Å². The van der Waals surface area contributed by atoms with Gasteiger partial charge in [-0.3, -0.25) is 9.59 Å². The Hall–Kier alpha value is -2.62. The summed E-state index contributed by atoms with van der Waals surface area (Å²) >= 11 is 0. The van der Waals surface area contributed by atoms with Gasteiger partial charge >= 0.3 is 0 Å². The van der Waals surface area contributed by atoms with Crippen molar-refractivity contribution < 1.29 is 9.59 Å². The van der Waals surface area contributed by atoms with E-state index in [0.717, 1.165) is 22.5 Å². The lowest BCUT2D eigenvalue weighted by atomic mass is 9.99. The maximum Gasteiger partial charge on any atom is 0.240 e. The molecule has 4 heteroatoms. The van der Waals surface area contributed by atoms with E-state index in [-0.39, 0.29) is 11.8 Å². The fourth-order valence-electron chi connectivity index (χ4n) is 3.11. The Bertz CT molecular complexity index is 851. The van der Waals surface area contributed by atoms with Crippen molar-refractivity contribution in [2.75, 3.05) is 10.6 Å². The molecule has 136 valence electrons. The average Bonchev–Trinajstić information content (AvgIpc) is 3.40. The first kappa shape index (κ1) is 18.2. The highest BCUT2D eigenvalue weighted by atomic mass is 16.2. The summed E-state index contributed by atoms with van der Waals surface area (Å²) in [6.45, 7) is 8.21. The van der Waals surface area contributed by atoms with Crippen molar-refractivity contribution in [1.82, 2.24) is 0 Å². The van der Waals surface area contributed by atoms with Crippen molar-refractivity contribution in [3.8, 4) is 0 Å². The molecule has 2 aromatic carbocycles. The van der Waals surface area contributed by atoms with Gasteiger partial charge in [0.2, 0.25) is 11.8 Å². The van der Waals surface area contributed by atoms with E-state index in [1.807, 2.05) is 56.3 Å². The Morgan fingerprint density at radius 1 is 0.923 bits per heavy atom. The number of nitrogens with one attached hydrogen (secondary N) is 2. The fourth-order valence-corrected chi connectivity index (χ4v) is 3.11. The minimum absolute atomic E-state index is 0.216. The normalized spacial score (nSPS) is 14.8. The van der Waals surface area contributed by atoms with E-state index in [0.29, 0.717) is 18.8 Å². The van der Waals surface area contributed by atoms with Gasteiger partial charge in [0.25, 0.3) is 0 Å². The summed E-state index contributed by atoms with van der Waals surface area (Å²) in [4.78, 5) is 25.6. The third kappa shape index (κ3) is 3.50. The molecule has 0 aliphatic heterocycles. The molecule has 0 bridgehead atoms. The summed E-state index contributed by atoms with van der Waals surface area (Å²) < 4.78 is 0. The topological polar surface area (TPSA) is 58.2 Å². The number of para-hydroxylation sites is 1. The second-order valence-electron chi connectivity index (χ2n) is 7.53. The largest absolute Gasteiger partial charge is 0.325 e. The van der Waals surface area contributed by atoms with Crippen LogP contribution in [0.5, 0.6) is 0 Å². The van der Waals surface area contributed by atoms with E-state index in [2.05, 4.69) is 24.5 Å². The highest BCUT2D eigenvalue weighted by Gasteiger charge is 2.56. The second kappa shape index (κ2) is 6.94. The number of benzene rings is 2. The maximum atomic E-state index is 12.9. The first-order valence-electron chi connectivity index (χ1n) is 9.12. The predicted octanol–water partition coefficient (Wildman–Crippen LogP) is 4.78. The third-order valence-corrected chi connectivity index (χ3v) is 5.22. The minimum atomic E-state index is -0.955. The molecule has 1 fully saturated rings. The molecule has 2 aromatic rings. The Labute approximate surface area is 155 Å². The summed E-state index contributed by atoms with van der Waals surface area (Å²) in [5, 5.41) is 5.90. The smallest absolute Gasteiger partial charge is 0.240 e. The minimum Gasteiger partial charge on any atom is -0.325 e. The molecule has 0 saturated heterocycles. The van der Waals surface area contributed by atoms with Crippen LogP contribution >= 0.6 is 0 Å². The lowest BCUT2D eigenvalue weighted by molar-refractivity contribution is -0.131. The van der Waals surface area contributed by atoms with Crippen molar-refractivity contribution in [2.24, 2.45) is 5.41 Å². The van der Waals surface area contributed by atoms with Crippen molar-refractivity contribution in [3.63, 3.8) is 0 Å². The number of hydrogen-bond donors (Lipinski definition) is 2. The molecule has 2 amide bonds. The van der Waals surface area contributed by atoms with Crippen LogP contribution in [0.2, 0.25) is 0 Å². The van der Waals surface area contributed by atoms with Crippen molar-refractivity contribution in [1.29, 1.82) is 0 Å². The number of rotatable bonds is 5. The summed E-state index contributed by atoms with van der Waals surface area (Å²) in [6.07, 6.45) is 1.17. The highest BCUT2D eigenvalue weighted by molar-refractivity contribution is 6.17. The second-order valence-corrected chi connectivity index (χ2v) is 7.53. The van der Waals surface area contributed by atoms with Gasteiger partial charge in [-0.2, -0.15) is 0 Å². The average molecular weight is 350 g/mol. The summed E-state index contributed by atoms with van der Waals surface area (Å²) in [6, 6.07) is 13.6. The third-order valence-electron chi connectivity index (χ3n) is 5.22. The number of carbonyl (C=O) groups excluding carboxylic acids is 2. The van der Waals surface area contributed by atoms with Crippen molar-refractivity contribution >= 4 is 23.2 Å². The number of aryl methyl sites for hydroxylation is 2. The Balaban J connectivity index is 1.75. The van der Waals surface area contributed by atoms with E-state index in [1.165, 1.54) is 5.56 Å². The first-order chi connectivity index (χ1) is 12.3. The van der Waals surface area contributed by atoms with Crippen molar-refractivity contribution in [2.45, 2.75) is 46.5 Å². The molecule has 0 heterocycles. The van der Waals surface area contributed by atoms with Crippen LogP contribution in [0.3, 0.4) is 0 Å². The summed E-state index contributed by atoms with van der Waals surface area (Å²) in [5.41, 5.74) is 3.93. The molecular formula is C22H26N2O2. The van der Waals surface area contributed by atoms with Crippen LogP contribution in [-0.4, -0.2) is 11.8 Å². The first-order valence-corrected chi connectivity index (χ1v) is 9.12. The molecule has 1 aliphatic carbocycles. The molecule has 0 aromatic heterocycles. The summed E-state index contributed by atoms with van der Waals surface area (Å²) in [5.74, 6) is -0.141. The zero-order valence-electron chi connectivity index (χ0n) is 15.8. The molecule has 4 nitrogen and oxygen atoms in total. The lowest BCUT2D eigenvalue weighted by Gasteiger charge is -2.18.